The first kappa shape index (κ1) is 20.5. The number of benzene rings is 2. The highest BCUT2D eigenvalue weighted by molar-refractivity contribution is 8.00. The molecule has 2 amide bonds. The monoisotopic (exact) mass is 386 g/mol. The van der Waals surface area contributed by atoms with Crippen molar-refractivity contribution in [3.8, 4) is 0 Å². The number of amides is 2. The van der Waals surface area contributed by atoms with Crippen molar-refractivity contribution >= 4 is 35.2 Å². The largest absolute Gasteiger partial charge is 0.481 e. The molecule has 0 atom stereocenters. The fourth-order valence-electron chi connectivity index (χ4n) is 2.30. The highest BCUT2D eigenvalue weighted by Crippen LogP contribution is 2.27. The molecule has 0 saturated heterocycles. The maximum absolute atomic E-state index is 12.6. The average Bonchev–Trinajstić information content (AvgIpc) is 2.61. The van der Waals surface area contributed by atoms with E-state index in [0.29, 0.717) is 22.1 Å². The Morgan fingerprint density at radius 1 is 1.00 bits per heavy atom. The van der Waals surface area contributed by atoms with Crippen LogP contribution in [-0.2, 0) is 4.79 Å². The molecule has 27 heavy (non-hydrogen) atoms. The Balaban J connectivity index is 2.01. The quantitative estimate of drug-likeness (QED) is 0.602. The second-order valence-corrected chi connectivity index (χ2v) is 7.71. The number of carbonyl (C=O) groups excluding carboxylic acids is 2. The van der Waals surface area contributed by atoms with Crippen LogP contribution >= 0.6 is 11.8 Å². The summed E-state index contributed by atoms with van der Waals surface area (Å²) in [7, 11) is 0. The number of hydrogen-bond donors (Lipinski definition) is 3. The van der Waals surface area contributed by atoms with Crippen LogP contribution in [0.1, 0.15) is 41.0 Å². The zero-order valence-corrected chi connectivity index (χ0v) is 16.0. The zero-order chi connectivity index (χ0) is 19.8. The van der Waals surface area contributed by atoms with E-state index < -0.39 is 5.97 Å². The summed E-state index contributed by atoms with van der Waals surface area (Å²) in [4.78, 5) is 35.9. The lowest BCUT2D eigenvalue weighted by atomic mass is 10.1. The molecule has 0 radical (unpaired) electrons. The second kappa shape index (κ2) is 9.78. The van der Waals surface area contributed by atoms with Gasteiger partial charge in [0.25, 0.3) is 11.8 Å². The van der Waals surface area contributed by atoms with Crippen LogP contribution < -0.4 is 10.6 Å². The molecule has 0 fully saturated rings. The third-order valence-electron chi connectivity index (χ3n) is 3.52. The van der Waals surface area contributed by atoms with Gasteiger partial charge in [0.2, 0.25) is 0 Å². The first-order chi connectivity index (χ1) is 12.9. The summed E-state index contributed by atoms with van der Waals surface area (Å²) in [5, 5.41) is 14.3. The van der Waals surface area contributed by atoms with Gasteiger partial charge in [0.15, 0.2) is 0 Å². The summed E-state index contributed by atoms with van der Waals surface area (Å²) < 4.78 is 0. The lowest BCUT2D eigenvalue weighted by Crippen LogP contribution is -2.25. The number of anilines is 1. The van der Waals surface area contributed by atoms with E-state index in [4.69, 9.17) is 5.11 Å². The van der Waals surface area contributed by atoms with Gasteiger partial charge in [0, 0.05) is 27.9 Å². The van der Waals surface area contributed by atoms with Crippen molar-refractivity contribution in [2.24, 2.45) is 0 Å². The highest BCUT2D eigenvalue weighted by Gasteiger charge is 2.13. The summed E-state index contributed by atoms with van der Waals surface area (Å²) in [5.41, 5.74) is 1.58. The minimum atomic E-state index is -0.968. The van der Waals surface area contributed by atoms with E-state index >= 15 is 0 Å². The number of carboxylic acid groups (broad SMARTS) is 1. The zero-order valence-electron chi connectivity index (χ0n) is 15.2. The number of rotatable bonds is 8. The van der Waals surface area contributed by atoms with Gasteiger partial charge >= 0.3 is 5.97 Å². The molecule has 2 aromatic carbocycles. The Kier molecular flexibility index (Phi) is 7.43. The van der Waals surface area contributed by atoms with Crippen molar-refractivity contribution in [3.05, 3.63) is 59.7 Å². The molecule has 0 spiro atoms. The first-order valence-electron chi connectivity index (χ1n) is 8.54. The topological polar surface area (TPSA) is 95.5 Å². The molecule has 7 heteroatoms. The van der Waals surface area contributed by atoms with Crippen LogP contribution in [0.25, 0.3) is 0 Å². The molecule has 3 N–H and O–H groups in total. The Bertz CT molecular complexity index is 819. The molecule has 0 saturated carbocycles. The van der Waals surface area contributed by atoms with E-state index in [1.54, 1.807) is 42.1 Å². The lowest BCUT2D eigenvalue weighted by molar-refractivity contribution is -0.136. The molecular weight excluding hydrogens is 364 g/mol. The van der Waals surface area contributed by atoms with E-state index in [1.165, 1.54) is 0 Å². The summed E-state index contributed by atoms with van der Waals surface area (Å²) in [6, 6.07) is 13.9. The van der Waals surface area contributed by atoms with Crippen LogP contribution in [0.3, 0.4) is 0 Å². The maximum atomic E-state index is 12.6. The number of aliphatic carboxylic acids is 1. The number of hydrogen-bond acceptors (Lipinski definition) is 4. The summed E-state index contributed by atoms with van der Waals surface area (Å²) in [6.07, 6.45) is -0.131. The van der Waals surface area contributed by atoms with Gasteiger partial charge in [-0.25, -0.2) is 0 Å². The van der Waals surface area contributed by atoms with E-state index in [2.05, 4.69) is 24.5 Å². The molecule has 0 bridgehead atoms. The van der Waals surface area contributed by atoms with Crippen LogP contribution in [0, 0.1) is 0 Å². The number of nitrogens with one attached hydrogen (secondary N) is 2. The third-order valence-corrected chi connectivity index (χ3v) is 4.61. The average molecular weight is 386 g/mol. The molecule has 2 aromatic rings. The lowest BCUT2D eigenvalue weighted by Gasteiger charge is -2.12. The molecule has 2 rings (SSSR count). The van der Waals surface area contributed by atoms with Crippen LogP contribution in [0.15, 0.2) is 53.4 Å². The summed E-state index contributed by atoms with van der Waals surface area (Å²) in [6.45, 7) is 4.20. The minimum Gasteiger partial charge on any atom is -0.481 e. The second-order valence-electron chi connectivity index (χ2n) is 6.09. The number of carboxylic acids is 1. The van der Waals surface area contributed by atoms with Crippen LogP contribution in [-0.4, -0.2) is 34.7 Å². The normalized spacial score (nSPS) is 10.5. The number of thioether (sulfide) groups is 1. The third kappa shape index (κ3) is 6.45. The molecule has 0 aliphatic heterocycles. The van der Waals surface area contributed by atoms with Gasteiger partial charge in [-0.05, 0) is 36.4 Å². The van der Waals surface area contributed by atoms with Crippen molar-refractivity contribution in [2.45, 2.75) is 30.4 Å². The molecule has 0 aliphatic rings. The van der Waals surface area contributed by atoms with Crippen LogP contribution in [0.4, 0.5) is 5.69 Å². The fraction of sp³-hybridized carbons (Fsp3) is 0.250. The molecule has 142 valence electrons. The Labute approximate surface area is 162 Å². The highest BCUT2D eigenvalue weighted by atomic mass is 32.2. The van der Waals surface area contributed by atoms with Gasteiger partial charge in [-0.1, -0.05) is 26.0 Å². The smallest absolute Gasteiger partial charge is 0.305 e. The van der Waals surface area contributed by atoms with Crippen molar-refractivity contribution in [1.82, 2.24) is 5.32 Å². The minimum absolute atomic E-state index is 0.0664. The standard InChI is InChI=1S/C20H22N2O4S/c1-13(2)27-17-6-4-3-5-16(17)20(26)22-15-9-7-14(8-10-15)19(25)21-12-11-18(23)24/h3-10,13H,11-12H2,1-2H3,(H,21,25)(H,22,26)(H,23,24). The Morgan fingerprint density at radius 3 is 2.30 bits per heavy atom. The van der Waals surface area contributed by atoms with Crippen molar-refractivity contribution in [1.29, 1.82) is 0 Å². The number of carbonyl (C=O) groups is 3. The van der Waals surface area contributed by atoms with E-state index in [0.717, 1.165) is 4.90 Å². The van der Waals surface area contributed by atoms with Crippen LogP contribution in [0.2, 0.25) is 0 Å². The van der Waals surface area contributed by atoms with Gasteiger partial charge in [-0.2, -0.15) is 0 Å². The maximum Gasteiger partial charge on any atom is 0.305 e. The Morgan fingerprint density at radius 2 is 1.67 bits per heavy atom. The molecule has 0 aliphatic carbocycles. The van der Waals surface area contributed by atoms with Gasteiger partial charge in [0.1, 0.15) is 0 Å². The van der Waals surface area contributed by atoms with Crippen LogP contribution in [0.5, 0.6) is 0 Å². The summed E-state index contributed by atoms with van der Waals surface area (Å²) >= 11 is 1.62. The Hall–Kier alpha value is -2.80. The predicted octanol–water partition coefficient (Wildman–Crippen LogP) is 3.64. The molecule has 6 nitrogen and oxygen atoms in total. The summed E-state index contributed by atoms with van der Waals surface area (Å²) in [5.74, 6) is -1.53. The van der Waals surface area contributed by atoms with E-state index in [-0.39, 0.29) is 24.8 Å². The van der Waals surface area contributed by atoms with Gasteiger partial charge in [0.05, 0.1) is 12.0 Å². The predicted molar refractivity (Wildman–Crippen MR) is 106 cm³/mol. The van der Waals surface area contributed by atoms with E-state index in [9.17, 15) is 14.4 Å². The SMILES string of the molecule is CC(C)Sc1ccccc1C(=O)Nc1ccc(C(=O)NCCC(=O)O)cc1. The fourth-order valence-corrected chi connectivity index (χ4v) is 3.25. The first-order valence-corrected chi connectivity index (χ1v) is 9.42. The van der Waals surface area contributed by atoms with Crippen molar-refractivity contribution < 1.29 is 19.5 Å². The van der Waals surface area contributed by atoms with Crippen molar-refractivity contribution in [3.63, 3.8) is 0 Å². The molecule has 0 aromatic heterocycles. The van der Waals surface area contributed by atoms with Gasteiger partial charge in [-0.15, -0.1) is 11.8 Å². The van der Waals surface area contributed by atoms with E-state index in [1.807, 2.05) is 18.2 Å². The van der Waals surface area contributed by atoms with Crippen molar-refractivity contribution in [2.75, 3.05) is 11.9 Å². The van der Waals surface area contributed by atoms with Gasteiger partial charge in [-0.3, -0.25) is 14.4 Å². The molecule has 0 unspecified atom stereocenters. The molecular formula is C20H22N2O4S. The van der Waals surface area contributed by atoms with Gasteiger partial charge < -0.3 is 15.7 Å². The molecule has 0 heterocycles.